The average molecular weight is 570 g/mol. The van der Waals surface area contributed by atoms with Gasteiger partial charge in [-0.1, -0.05) is 24.6 Å². The lowest BCUT2D eigenvalue weighted by molar-refractivity contribution is -0.137. The highest BCUT2D eigenvalue weighted by atomic mass is 35.5. The fraction of sp³-hybridized carbons (Fsp3) is 0.429. The number of ether oxygens (including phenoxy) is 2. The number of nitrogens with two attached hydrogens (primary N) is 1. The van der Waals surface area contributed by atoms with Crippen LogP contribution in [0.2, 0.25) is 5.02 Å². The van der Waals surface area contributed by atoms with Crippen LogP contribution in [0.5, 0.6) is 5.75 Å². The van der Waals surface area contributed by atoms with Gasteiger partial charge >= 0.3 is 17.8 Å². The number of hydrogen-bond donors (Lipinski definition) is 1. The van der Waals surface area contributed by atoms with Gasteiger partial charge in [0.1, 0.15) is 0 Å². The molecule has 0 aliphatic carbocycles. The van der Waals surface area contributed by atoms with Gasteiger partial charge in [0.2, 0.25) is 5.91 Å². The number of piperazine rings is 2. The molecule has 3 heterocycles. The van der Waals surface area contributed by atoms with E-state index in [1.807, 2.05) is 0 Å². The van der Waals surface area contributed by atoms with Crippen LogP contribution in [0.15, 0.2) is 36.4 Å². The zero-order chi connectivity index (χ0) is 28.4. The molecule has 1 atom stereocenters. The number of para-hydroxylation sites is 1. The molecule has 0 aromatic heterocycles. The van der Waals surface area contributed by atoms with Crippen molar-refractivity contribution >= 4 is 58.0 Å². The Morgan fingerprint density at radius 1 is 1.00 bits per heavy atom. The van der Waals surface area contributed by atoms with Gasteiger partial charge in [-0.15, -0.1) is 0 Å². The van der Waals surface area contributed by atoms with E-state index < -0.39 is 17.8 Å². The molecule has 3 amide bonds. The number of anilines is 4. The lowest BCUT2D eigenvalue weighted by Gasteiger charge is -2.40. The maximum Gasteiger partial charge on any atom is 0.317 e. The lowest BCUT2D eigenvalue weighted by Crippen LogP contribution is -2.56. The third-order valence-electron chi connectivity index (χ3n) is 7.47. The van der Waals surface area contributed by atoms with Crippen molar-refractivity contribution in [1.29, 1.82) is 0 Å². The summed E-state index contributed by atoms with van der Waals surface area (Å²) in [7, 11) is 0. The molecule has 1 unspecified atom stereocenters. The summed E-state index contributed by atoms with van der Waals surface area (Å²) in [6, 6.07) is 9.89. The van der Waals surface area contributed by atoms with E-state index in [-0.39, 0.29) is 49.4 Å². The predicted molar refractivity (Wildman–Crippen MR) is 151 cm³/mol. The van der Waals surface area contributed by atoms with Crippen LogP contribution in [0.3, 0.4) is 0 Å². The van der Waals surface area contributed by atoms with Crippen molar-refractivity contribution in [3.8, 4) is 5.75 Å². The highest BCUT2D eigenvalue weighted by Gasteiger charge is 2.38. The summed E-state index contributed by atoms with van der Waals surface area (Å²) < 4.78 is 11.3. The molecule has 2 N–H and O–H groups in total. The quantitative estimate of drug-likeness (QED) is 0.243. The van der Waals surface area contributed by atoms with E-state index >= 15 is 0 Å². The Balaban J connectivity index is 1.43. The molecule has 2 aromatic rings. The number of nitrogens with zero attached hydrogens (tertiary/aromatic N) is 4. The minimum absolute atomic E-state index is 0.0778. The van der Waals surface area contributed by atoms with E-state index in [4.69, 9.17) is 26.8 Å². The summed E-state index contributed by atoms with van der Waals surface area (Å²) in [4.78, 5) is 58.8. The normalized spacial score (nSPS) is 20.7. The van der Waals surface area contributed by atoms with Crippen LogP contribution in [-0.4, -0.2) is 80.6 Å². The zero-order valence-corrected chi connectivity index (χ0v) is 23.1. The number of benzene rings is 2. The van der Waals surface area contributed by atoms with Crippen molar-refractivity contribution in [2.45, 2.75) is 32.2 Å². The molecule has 2 aromatic carbocycles. The predicted octanol–water partition coefficient (Wildman–Crippen LogP) is 2.44. The molecule has 3 aliphatic rings. The van der Waals surface area contributed by atoms with Crippen LogP contribution in [0.25, 0.3) is 0 Å². The first-order valence-electron chi connectivity index (χ1n) is 13.4. The number of carbonyl (C=O) groups is 4. The van der Waals surface area contributed by atoms with Crippen molar-refractivity contribution in [1.82, 2.24) is 4.90 Å². The van der Waals surface area contributed by atoms with E-state index in [2.05, 4.69) is 4.90 Å². The molecule has 3 fully saturated rings. The van der Waals surface area contributed by atoms with Gasteiger partial charge in [0.15, 0.2) is 5.75 Å². The SMILES string of the molecule is CCC(=O)Oc1c(N2CCN(C3CCCOC3)CC2=O)cccc1N1CCN(c2cc(Cl)ccc2N)C(=O)C1=O. The third kappa shape index (κ3) is 5.49. The highest BCUT2D eigenvalue weighted by molar-refractivity contribution is 6.46. The maximum absolute atomic E-state index is 13.4. The molecular formula is C28H32ClN5O6. The third-order valence-corrected chi connectivity index (χ3v) is 7.70. The summed E-state index contributed by atoms with van der Waals surface area (Å²) in [6.45, 7) is 4.46. The van der Waals surface area contributed by atoms with Crippen LogP contribution in [0.4, 0.5) is 22.7 Å². The van der Waals surface area contributed by atoms with E-state index in [0.717, 1.165) is 19.4 Å². The molecule has 212 valence electrons. The minimum atomic E-state index is -0.815. The summed E-state index contributed by atoms with van der Waals surface area (Å²) in [5.41, 5.74) is 7.35. The first-order chi connectivity index (χ1) is 19.3. The topological polar surface area (TPSA) is 126 Å². The molecule has 0 bridgehead atoms. The first-order valence-corrected chi connectivity index (χ1v) is 13.8. The molecule has 0 spiro atoms. The summed E-state index contributed by atoms with van der Waals surface area (Å²) in [5, 5.41) is 0.383. The van der Waals surface area contributed by atoms with Gasteiger partial charge in [0.05, 0.1) is 35.9 Å². The Morgan fingerprint density at radius 2 is 1.68 bits per heavy atom. The second-order valence-electron chi connectivity index (χ2n) is 9.96. The van der Waals surface area contributed by atoms with Crippen molar-refractivity contribution in [2.75, 3.05) is 66.4 Å². The summed E-state index contributed by atoms with van der Waals surface area (Å²) in [5.74, 6) is -2.20. The summed E-state index contributed by atoms with van der Waals surface area (Å²) in [6.07, 6.45) is 2.03. The van der Waals surface area contributed by atoms with Crippen LogP contribution in [-0.2, 0) is 23.9 Å². The average Bonchev–Trinajstić information content (AvgIpc) is 2.96. The van der Waals surface area contributed by atoms with Gasteiger partial charge in [-0.3, -0.25) is 29.0 Å². The van der Waals surface area contributed by atoms with Crippen LogP contribution in [0, 0.1) is 0 Å². The van der Waals surface area contributed by atoms with Gasteiger partial charge in [0.25, 0.3) is 0 Å². The Morgan fingerprint density at radius 3 is 2.33 bits per heavy atom. The smallest absolute Gasteiger partial charge is 0.317 e. The number of nitrogen functional groups attached to an aromatic ring is 1. The van der Waals surface area contributed by atoms with Gasteiger partial charge in [-0.25, -0.2) is 0 Å². The van der Waals surface area contributed by atoms with Crippen molar-refractivity contribution in [3.05, 3.63) is 41.4 Å². The largest absolute Gasteiger partial charge is 0.422 e. The lowest BCUT2D eigenvalue weighted by atomic mass is 10.1. The Kier molecular flexibility index (Phi) is 8.24. The molecule has 11 nitrogen and oxygen atoms in total. The van der Waals surface area contributed by atoms with E-state index in [0.29, 0.717) is 41.8 Å². The molecule has 0 radical (unpaired) electrons. The van der Waals surface area contributed by atoms with Gasteiger partial charge < -0.3 is 25.0 Å². The molecule has 12 heteroatoms. The van der Waals surface area contributed by atoms with E-state index in [1.54, 1.807) is 42.2 Å². The highest BCUT2D eigenvalue weighted by Crippen LogP contribution is 2.41. The number of halogens is 1. The number of rotatable bonds is 6. The second kappa shape index (κ2) is 11.8. The van der Waals surface area contributed by atoms with Gasteiger partial charge in [-0.05, 0) is 43.2 Å². The Bertz CT molecular complexity index is 1330. The molecule has 0 saturated carbocycles. The minimum Gasteiger partial charge on any atom is -0.422 e. The van der Waals surface area contributed by atoms with E-state index in [9.17, 15) is 19.2 Å². The van der Waals surface area contributed by atoms with Gasteiger partial charge in [0, 0.05) is 50.3 Å². The number of amides is 3. The van der Waals surface area contributed by atoms with Crippen LogP contribution >= 0.6 is 11.6 Å². The molecule has 5 rings (SSSR count). The number of hydrogen-bond acceptors (Lipinski definition) is 8. The van der Waals surface area contributed by atoms with Gasteiger partial charge in [-0.2, -0.15) is 0 Å². The fourth-order valence-corrected chi connectivity index (χ4v) is 5.51. The van der Waals surface area contributed by atoms with Crippen molar-refractivity contribution < 1.29 is 28.7 Å². The molecular weight excluding hydrogens is 538 g/mol. The fourth-order valence-electron chi connectivity index (χ4n) is 5.34. The first kappa shape index (κ1) is 27.9. The monoisotopic (exact) mass is 569 g/mol. The maximum atomic E-state index is 13.4. The second-order valence-corrected chi connectivity index (χ2v) is 10.4. The van der Waals surface area contributed by atoms with E-state index in [1.165, 1.54) is 15.9 Å². The molecule has 3 aliphatic heterocycles. The Hall–Kier alpha value is -3.67. The zero-order valence-electron chi connectivity index (χ0n) is 22.3. The summed E-state index contributed by atoms with van der Waals surface area (Å²) >= 11 is 6.11. The standard InChI is InChI=1S/C28H32ClN5O6/c1-2-25(36)40-26-21(32-11-10-31(16-24(32)35)19-5-4-14-39-17-19)6-3-7-22(26)33-12-13-34(28(38)27(33)37)23-15-18(29)8-9-20(23)30/h3,6-9,15,19H,2,4-5,10-14,16-17,30H2,1H3. The number of carbonyl (C=O) groups excluding carboxylic acids is 4. The Labute approximate surface area is 237 Å². The number of esters is 1. The van der Waals surface area contributed by atoms with Crippen LogP contribution < -0.4 is 25.2 Å². The molecule has 40 heavy (non-hydrogen) atoms. The molecule has 3 saturated heterocycles. The van der Waals surface area contributed by atoms with Crippen molar-refractivity contribution in [3.63, 3.8) is 0 Å². The van der Waals surface area contributed by atoms with Crippen molar-refractivity contribution in [2.24, 2.45) is 0 Å². The van der Waals surface area contributed by atoms with Crippen LogP contribution in [0.1, 0.15) is 26.2 Å².